The number of fused-ring (bicyclic) bond motifs is 1. The molecule has 0 aliphatic rings. The fourth-order valence-electron chi connectivity index (χ4n) is 3.16. The van der Waals surface area contributed by atoms with Crippen LogP contribution in [0.5, 0.6) is 5.75 Å². The molecule has 154 valence electrons. The first kappa shape index (κ1) is 19.9. The summed E-state index contributed by atoms with van der Waals surface area (Å²) in [6, 6.07) is 16.4. The van der Waals surface area contributed by atoms with Gasteiger partial charge in [-0.2, -0.15) is 0 Å². The molecule has 0 amide bonds. The number of hydrogen-bond donors (Lipinski definition) is 5. The zero-order valence-electron chi connectivity index (χ0n) is 15.7. The second-order valence-corrected chi connectivity index (χ2v) is 8.05. The van der Waals surface area contributed by atoms with E-state index in [1.54, 1.807) is 55.5 Å². The van der Waals surface area contributed by atoms with Crippen LogP contribution >= 0.6 is 10.9 Å². The summed E-state index contributed by atoms with van der Waals surface area (Å²) in [7, 11) is -4.07. The minimum absolute atomic E-state index is 0.0317. The van der Waals surface area contributed by atoms with E-state index in [0.29, 0.717) is 22.2 Å². The number of phenolic OH excluding ortho intramolecular Hbond substituents is 1. The van der Waals surface area contributed by atoms with Gasteiger partial charge in [-0.05, 0) is 19.1 Å². The molecular weight excluding hydrogens is 408 g/mol. The molecule has 4 rings (SSSR count). The van der Waals surface area contributed by atoms with Crippen molar-refractivity contribution >= 4 is 33.0 Å². The third-order valence-corrected chi connectivity index (χ3v) is 5.49. The standard InChI is InChI=1S/C20H18N4O5S/c1-12-18(20(26)24(23-12)13-7-3-2-4-8-13)21-22-19-15-10-6-5-9-14(15)17(11-16(19)25)30(27,28)29/h2-11,23,25,27-29H,1H3. The number of nitrogens with zero attached hydrogens (tertiary/aromatic N) is 3. The average Bonchev–Trinajstić information content (AvgIpc) is 3.00. The van der Waals surface area contributed by atoms with Crippen molar-refractivity contribution in [1.82, 2.24) is 9.78 Å². The Bertz CT molecular complexity index is 1320. The van der Waals surface area contributed by atoms with Crippen molar-refractivity contribution in [3.8, 4) is 11.4 Å². The van der Waals surface area contributed by atoms with Gasteiger partial charge in [-0.3, -0.25) is 9.89 Å². The van der Waals surface area contributed by atoms with Crippen LogP contribution in [0, 0.1) is 6.92 Å². The Labute approximate surface area is 172 Å². The van der Waals surface area contributed by atoms with Crippen LogP contribution in [0.2, 0.25) is 0 Å². The summed E-state index contributed by atoms with van der Waals surface area (Å²) < 4.78 is 30.4. The number of aromatic hydroxyl groups is 1. The van der Waals surface area contributed by atoms with Gasteiger partial charge < -0.3 is 18.8 Å². The fraction of sp³-hybridized carbons (Fsp3) is 0.0500. The summed E-state index contributed by atoms with van der Waals surface area (Å²) in [6.07, 6.45) is 0. The van der Waals surface area contributed by atoms with E-state index in [-0.39, 0.29) is 16.3 Å². The number of aryl methyl sites for hydroxylation is 1. The third-order valence-electron chi connectivity index (χ3n) is 4.56. The summed E-state index contributed by atoms with van der Waals surface area (Å²) >= 11 is 0. The van der Waals surface area contributed by atoms with E-state index in [9.17, 15) is 23.6 Å². The predicted molar refractivity (Wildman–Crippen MR) is 115 cm³/mol. The topological polar surface area (TPSA) is 143 Å². The van der Waals surface area contributed by atoms with Crippen LogP contribution in [-0.2, 0) is 0 Å². The van der Waals surface area contributed by atoms with E-state index in [2.05, 4.69) is 15.3 Å². The molecule has 5 N–H and O–H groups in total. The van der Waals surface area contributed by atoms with Crippen molar-refractivity contribution < 1.29 is 18.8 Å². The van der Waals surface area contributed by atoms with Crippen LogP contribution in [0.4, 0.5) is 11.4 Å². The molecule has 0 aliphatic carbocycles. The second kappa shape index (κ2) is 7.43. The number of aromatic amines is 1. The van der Waals surface area contributed by atoms with Crippen molar-refractivity contribution in [2.75, 3.05) is 0 Å². The first-order valence-electron chi connectivity index (χ1n) is 8.81. The minimum Gasteiger partial charge on any atom is -0.506 e. The molecule has 0 fully saturated rings. The molecule has 0 aliphatic heterocycles. The molecule has 0 radical (unpaired) electrons. The molecule has 0 saturated carbocycles. The number of aromatic nitrogens is 2. The number of phenols is 1. The first-order valence-corrected chi connectivity index (χ1v) is 10.3. The highest BCUT2D eigenvalue weighted by molar-refractivity contribution is 8.19. The molecule has 4 aromatic rings. The highest BCUT2D eigenvalue weighted by atomic mass is 32.3. The van der Waals surface area contributed by atoms with Crippen molar-refractivity contribution in [1.29, 1.82) is 0 Å². The molecule has 30 heavy (non-hydrogen) atoms. The number of nitrogens with one attached hydrogen (secondary N) is 1. The van der Waals surface area contributed by atoms with E-state index < -0.39 is 22.2 Å². The normalized spacial score (nSPS) is 12.7. The maximum absolute atomic E-state index is 12.8. The molecule has 0 bridgehead atoms. The summed E-state index contributed by atoms with van der Waals surface area (Å²) in [5, 5.41) is 22.1. The van der Waals surface area contributed by atoms with E-state index in [1.165, 1.54) is 4.68 Å². The Morgan fingerprint density at radius 3 is 2.17 bits per heavy atom. The lowest BCUT2D eigenvalue weighted by Crippen LogP contribution is -2.13. The molecule has 0 spiro atoms. The quantitative estimate of drug-likeness (QED) is 0.280. The van der Waals surface area contributed by atoms with Gasteiger partial charge in [0.15, 0.2) is 5.69 Å². The van der Waals surface area contributed by atoms with E-state index in [4.69, 9.17) is 0 Å². The minimum atomic E-state index is -4.07. The molecule has 10 heteroatoms. The zero-order chi connectivity index (χ0) is 21.5. The Morgan fingerprint density at radius 2 is 1.50 bits per heavy atom. The molecule has 0 atom stereocenters. The monoisotopic (exact) mass is 426 g/mol. The van der Waals surface area contributed by atoms with Gasteiger partial charge in [0.05, 0.1) is 16.3 Å². The molecule has 9 nitrogen and oxygen atoms in total. The van der Waals surface area contributed by atoms with Crippen molar-refractivity contribution in [2.24, 2.45) is 10.2 Å². The van der Waals surface area contributed by atoms with E-state index in [1.807, 2.05) is 6.07 Å². The van der Waals surface area contributed by atoms with Crippen LogP contribution in [0.15, 0.2) is 80.6 Å². The summed E-state index contributed by atoms with van der Waals surface area (Å²) in [6.45, 7) is 1.68. The van der Waals surface area contributed by atoms with E-state index >= 15 is 0 Å². The third kappa shape index (κ3) is 3.48. The largest absolute Gasteiger partial charge is 0.506 e. The summed E-state index contributed by atoms with van der Waals surface area (Å²) in [5.41, 5.74) is 0.810. The van der Waals surface area contributed by atoms with Gasteiger partial charge in [-0.25, -0.2) is 4.68 Å². The fourth-order valence-corrected chi connectivity index (χ4v) is 3.90. The van der Waals surface area contributed by atoms with E-state index in [0.717, 1.165) is 6.07 Å². The maximum Gasteiger partial charge on any atom is 0.299 e. The average molecular weight is 426 g/mol. The first-order chi connectivity index (χ1) is 14.3. The molecule has 0 saturated heterocycles. The predicted octanol–water partition coefficient (Wildman–Crippen LogP) is 5.33. The highest BCUT2D eigenvalue weighted by Crippen LogP contribution is 2.51. The lowest BCUT2D eigenvalue weighted by atomic mass is 10.1. The van der Waals surface area contributed by atoms with Gasteiger partial charge in [0.1, 0.15) is 22.3 Å². The molecule has 1 aromatic heterocycles. The van der Waals surface area contributed by atoms with Crippen molar-refractivity contribution in [3.05, 3.63) is 76.7 Å². The maximum atomic E-state index is 12.8. The van der Waals surface area contributed by atoms with Crippen LogP contribution < -0.4 is 5.56 Å². The van der Waals surface area contributed by atoms with Crippen LogP contribution in [0.25, 0.3) is 16.5 Å². The Balaban J connectivity index is 1.84. The Hall–Kier alpha value is -3.44. The molecular formula is C20H18N4O5S. The lowest BCUT2D eigenvalue weighted by Gasteiger charge is -2.22. The molecule has 0 unspecified atom stereocenters. The van der Waals surface area contributed by atoms with Crippen LogP contribution in [-0.4, -0.2) is 28.5 Å². The second-order valence-electron chi connectivity index (χ2n) is 6.57. The molecule has 3 aromatic carbocycles. The van der Waals surface area contributed by atoms with Gasteiger partial charge in [0.2, 0.25) is 0 Å². The van der Waals surface area contributed by atoms with Crippen molar-refractivity contribution in [2.45, 2.75) is 11.8 Å². The van der Waals surface area contributed by atoms with Gasteiger partial charge in [0, 0.05) is 16.8 Å². The van der Waals surface area contributed by atoms with Gasteiger partial charge >= 0.3 is 0 Å². The Kier molecular flexibility index (Phi) is 4.92. The zero-order valence-corrected chi connectivity index (χ0v) is 16.5. The number of azo groups is 1. The number of H-pyrrole nitrogens is 1. The number of para-hydroxylation sites is 1. The lowest BCUT2D eigenvalue weighted by molar-refractivity contribution is 0.376. The summed E-state index contributed by atoms with van der Waals surface area (Å²) in [4.78, 5) is 12.5. The van der Waals surface area contributed by atoms with Crippen LogP contribution in [0.3, 0.4) is 0 Å². The van der Waals surface area contributed by atoms with Gasteiger partial charge in [-0.1, -0.05) is 42.5 Å². The number of rotatable bonds is 4. The smallest absolute Gasteiger partial charge is 0.299 e. The van der Waals surface area contributed by atoms with Gasteiger partial charge in [-0.15, -0.1) is 10.2 Å². The summed E-state index contributed by atoms with van der Waals surface area (Å²) in [5.74, 6) is -0.418. The number of benzene rings is 3. The number of hydrogen-bond acceptors (Lipinski definition) is 7. The highest BCUT2D eigenvalue weighted by Gasteiger charge is 2.23. The SMILES string of the molecule is Cc1[nH]n(-c2ccccc2)c(=O)c1N=Nc1c(O)cc(S(O)(O)O)c2ccccc12. The van der Waals surface area contributed by atoms with Crippen LogP contribution in [0.1, 0.15) is 5.69 Å². The van der Waals surface area contributed by atoms with Crippen molar-refractivity contribution in [3.63, 3.8) is 0 Å². The Morgan fingerprint density at radius 1 is 0.900 bits per heavy atom. The van der Waals surface area contributed by atoms with Gasteiger partial charge in [0.25, 0.3) is 5.56 Å². The molecule has 1 heterocycles.